The maximum Gasteiger partial charge on any atom is 0.121 e. The monoisotopic (exact) mass is 385 g/mol. The van der Waals surface area contributed by atoms with Crippen LogP contribution < -0.4 is 0 Å². The van der Waals surface area contributed by atoms with Crippen molar-refractivity contribution in [3.05, 3.63) is 83.9 Å². The number of hydrogen-bond acceptors (Lipinski definition) is 5. The highest BCUT2D eigenvalue weighted by Crippen LogP contribution is 2.27. The fraction of sp³-hybridized carbons (Fsp3) is 0.261. The Hall–Kier alpha value is -3.09. The van der Waals surface area contributed by atoms with Crippen molar-refractivity contribution in [2.75, 3.05) is 19.7 Å². The van der Waals surface area contributed by atoms with Crippen LogP contribution in [0.2, 0.25) is 0 Å². The minimum Gasteiger partial charge on any atom is -0.369 e. The molecule has 6 heteroatoms. The van der Waals surface area contributed by atoms with Gasteiger partial charge in [-0.05, 0) is 36.2 Å². The Bertz CT molecular complexity index is 1110. The van der Waals surface area contributed by atoms with Crippen molar-refractivity contribution < 1.29 is 4.74 Å². The van der Waals surface area contributed by atoms with E-state index in [1.165, 1.54) is 16.7 Å². The highest BCUT2D eigenvalue weighted by atomic mass is 16.5. The van der Waals surface area contributed by atoms with Gasteiger partial charge in [0.05, 0.1) is 12.1 Å². The molecular formula is C23H23N5O. The summed E-state index contributed by atoms with van der Waals surface area (Å²) in [5, 5.41) is 8.83. The van der Waals surface area contributed by atoms with E-state index in [4.69, 9.17) is 4.74 Å². The molecule has 1 aromatic carbocycles. The lowest BCUT2D eigenvalue weighted by molar-refractivity contribution is -0.0343. The number of aryl methyl sites for hydroxylation is 1. The maximum absolute atomic E-state index is 6.06. The SMILES string of the molecule is Cc1ccc(-c2ccc3c(C4CN(Cc5ccncc5)CCO4)nnn3c2)cc1. The molecule has 29 heavy (non-hydrogen) atoms. The van der Waals surface area contributed by atoms with Crippen LogP contribution in [0, 0.1) is 6.92 Å². The molecule has 0 bridgehead atoms. The second-order valence-electron chi connectivity index (χ2n) is 7.54. The van der Waals surface area contributed by atoms with E-state index >= 15 is 0 Å². The van der Waals surface area contributed by atoms with Gasteiger partial charge in [-0.3, -0.25) is 9.88 Å². The Morgan fingerprint density at radius 3 is 2.62 bits per heavy atom. The summed E-state index contributed by atoms with van der Waals surface area (Å²) in [5.41, 5.74) is 6.71. The zero-order valence-corrected chi connectivity index (χ0v) is 16.4. The molecule has 1 atom stereocenters. The minimum atomic E-state index is -0.0756. The van der Waals surface area contributed by atoms with Crippen LogP contribution in [0.3, 0.4) is 0 Å². The van der Waals surface area contributed by atoms with Crippen LogP contribution in [0.5, 0.6) is 0 Å². The van der Waals surface area contributed by atoms with Crippen LogP contribution in [-0.2, 0) is 11.3 Å². The third-order valence-electron chi connectivity index (χ3n) is 5.44. The molecule has 0 spiro atoms. The first-order chi connectivity index (χ1) is 14.3. The van der Waals surface area contributed by atoms with Gasteiger partial charge in [-0.15, -0.1) is 5.10 Å². The first kappa shape index (κ1) is 18.0. The standard InChI is InChI=1S/C23H23N5O/c1-17-2-4-19(5-3-17)20-6-7-21-23(25-26-28(21)15-20)22-16-27(12-13-29-22)14-18-8-10-24-11-9-18/h2-11,15,22H,12-14,16H2,1H3. The topological polar surface area (TPSA) is 55.5 Å². The number of benzene rings is 1. The lowest BCUT2D eigenvalue weighted by Crippen LogP contribution is -2.38. The van der Waals surface area contributed by atoms with Gasteiger partial charge >= 0.3 is 0 Å². The highest BCUT2D eigenvalue weighted by molar-refractivity contribution is 5.66. The number of pyridine rings is 2. The first-order valence-corrected chi connectivity index (χ1v) is 9.91. The van der Waals surface area contributed by atoms with Crippen molar-refractivity contribution in [1.29, 1.82) is 0 Å². The predicted octanol–water partition coefficient (Wildman–Crippen LogP) is 3.67. The molecule has 1 aliphatic rings. The van der Waals surface area contributed by atoms with Crippen LogP contribution in [0.15, 0.2) is 67.1 Å². The molecule has 5 rings (SSSR count). The molecule has 146 valence electrons. The number of nitrogens with zero attached hydrogens (tertiary/aromatic N) is 5. The maximum atomic E-state index is 6.06. The highest BCUT2D eigenvalue weighted by Gasteiger charge is 2.26. The van der Waals surface area contributed by atoms with Crippen LogP contribution in [0.1, 0.15) is 22.9 Å². The van der Waals surface area contributed by atoms with Crippen molar-refractivity contribution in [3.63, 3.8) is 0 Å². The summed E-state index contributed by atoms with van der Waals surface area (Å²) in [6, 6.07) is 16.9. The fourth-order valence-corrected chi connectivity index (χ4v) is 3.82. The number of fused-ring (bicyclic) bond motifs is 1. The molecule has 0 aliphatic carbocycles. The molecule has 1 saturated heterocycles. The molecule has 0 amide bonds. The number of aromatic nitrogens is 4. The molecule has 0 saturated carbocycles. The van der Waals surface area contributed by atoms with Gasteiger partial charge in [0.25, 0.3) is 0 Å². The smallest absolute Gasteiger partial charge is 0.121 e. The molecule has 4 aromatic rings. The van der Waals surface area contributed by atoms with Crippen molar-refractivity contribution in [2.45, 2.75) is 19.6 Å². The fourth-order valence-electron chi connectivity index (χ4n) is 3.82. The van der Waals surface area contributed by atoms with Crippen LogP contribution in [0.25, 0.3) is 16.6 Å². The summed E-state index contributed by atoms with van der Waals surface area (Å²) in [7, 11) is 0. The van der Waals surface area contributed by atoms with Gasteiger partial charge in [0.1, 0.15) is 11.8 Å². The van der Waals surface area contributed by atoms with Gasteiger partial charge in [0, 0.05) is 43.8 Å². The van der Waals surface area contributed by atoms with Crippen molar-refractivity contribution in [1.82, 2.24) is 24.7 Å². The molecule has 1 fully saturated rings. The van der Waals surface area contributed by atoms with Crippen molar-refractivity contribution >= 4 is 5.52 Å². The van der Waals surface area contributed by atoms with Crippen molar-refractivity contribution in [3.8, 4) is 11.1 Å². The Morgan fingerprint density at radius 2 is 1.79 bits per heavy atom. The van der Waals surface area contributed by atoms with Gasteiger partial charge in [-0.25, -0.2) is 4.52 Å². The average molecular weight is 385 g/mol. The van der Waals surface area contributed by atoms with Gasteiger partial charge in [0.2, 0.25) is 0 Å². The predicted molar refractivity (Wildman–Crippen MR) is 111 cm³/mol. The Kier molecular flexibility index (Phi) is 4.79. The van der Waals surface area contributed by atoms with Gasteiger partial charge in [-0.2, -0.15) is 0 Å². The van der Waals surface area contributed by atoms with Crippen LogP contribution in [0.4, 0.5) is 0 Å². The summed E-state index contributed by atoms with van der Waals surface area (Å²) < 4.78 is 7.91. The normalized spacial score (nSPS) is 17.6. The summed E-state index contributed by atoms with van der Waals surface area (Å²) >= 11 is 0. The average Bonchev–Trinajstić information content (AvgIpc) is 3.18. The lowest BCUT2D eigenvalue weighted by Gasteiger charge is -2.32. The number of hydrogen-bond donors (Lipinski definition) is 0. The van der Waals surface area contributed by atoms with E-state index in [1.54, 1.807) is 0 Å². The van der Waals surface area contributed by atoms with Crippen molar-refractivity contribution in [2.24, 2.45) is 0 Å². The van der Waals surface area contributed by atoms with E-state index in [9.17, 15) is 0 Å². The van der Waals surface area contributed by atoms with Gasteiger partial charge < -0.3 is 4.74 Å². The van der Waals surface area contributed by atoms with E-state index in [-0.39, 0.29) is 6.10 Å². The van der Waals surface area contributed by atoms with Gasteiger partial charge in [-0.1, -0.05) is 41.1 Å². The molecule has 1 aliphatic heterocycles. The molecule has 4 heterocycles. The van der Waals surface area contributed by atoms with E-state index in [2.05, 4.69) is 75.7 Å². The van der Waals surface area contributed by atoms with E-state index < -0.39 is 0 Å². The molecule has 3 aromatic heterocycles. The van der Waals surface area contributed by atoms with E-state index in [0.717, 1.165) is 36.4 Å². The minimum absolute atomic E-state index is 0.0756. The molecule has 6 nitrogen and oxygen atoms in total. The van der Waals surface area contributed by atoms with Crippen LogP contribution in [-0.4, -0.2) is 44.4 Å². The molecular weight excluding hydrogens is 362 g/mol. The number of ether oxygens (including phenoxy) is 1. The summed E-state index contributed by atoms with van der Waals surface area (Å²) in [6.45, 7) is 5.39. The third-order valence-corrected chi connectivity index (χ3v) is 5.44. The zero-order chi connectivity index (χ0) is 19.6. The quantitative estimate of drug-likeness (QED) is 0.536. The number of morpholine rings is 1. The second-order valence-corrected chi connectivity index (χ2v) is 7.54. The number of rotatable bonds is 4. The van der Waals surface area contributed by atoms with Gasteiger partial charge in [0.15, 0.2) is 0 Å². The zero-order valence-electron chi connectivity index (χ0n) is 16.4. The summed E-state index contributed by atoms with van der Waals surface area (Å²) in [6.07, 6.45) is 5.64. The lowest BCUT2D eigenvalue weighted by atomic mass is 10.1. The third kappa shape index (κ3) is 3.77. The Labute approximate surface area is 169 Å². The second kappa shape index (κ2) is 7.73. The Balaban J connectivity index is 1.38. The molecule has 0 N–H and O–H groups in total. The van der Waals surface area contributed by atoms with Crippen LogP contribution >= 0.6 is 0 Å². The molecule has 0 radical (unpaired) electrons. The molecule has 1 unspecified atom stereocenters. The Morgan fingerprint density at radius 1 is 1.00 bits per heavy atom. The summed E-state index contributed by atoms with van der Waals surface area (Å²) in [5.74, 6) is 0. The van der Waals surface area contributed by atoms with E-state index in [0.29, 0.717) is 6.61 Å². The largest absolute Gasteiger partial charge is 0.369 e. The van der Waals surface area contributed by atoms with E-state index in [1.807, 2.05) is 23.1 Å². The first-order valence-electron chi connectivity index (χ1n) is 9.91. The summed E-state index contributed by atoms with van der Waals surface area (Å²) in [4.78, 5) is 6.50.